The third-order valence-electron chi connectivity index (χ3n) is 6.19. The number of para-hydroxylation sites is 1. The number of hydrogen-bond acceptors (Lipinski definition) is 4. The van der Waals surface area contributed by atoms with Gasteiger partial charge in [0, 0.05) is 31.7 Å². The Bertz CT molecular complexity index is 1000. The van der Waals surface area contributed by atoms with Gasteiger partial charge < -0.3 is 15.1 Å². The number of benzene rings is 2. The van der Waals surface area contributed by atoms with Crippen molar-refractivity contribution in [2.75, 3.05) is 31.6 Å². The van der Waals surface area contributed by atoms with Crippen molar-refractivity contribution in [3.8, 4) is 0 Å². The molecule has 2 atom stereocenters. The number of carbonyl (C=O) groups is 1. The Balaban J connectivity index is 1.27. The normalized spacial score (nSPS) is 21.2. The van der Waals surface area contributed by atoms with Gasteiger partial charge in [-0.1, -0.05) is 36.4 Å². The second-order valence-corrected chi connectivity index (χ2v) is 8.25. The molecule has 4 heterocycles. The quantitative estimate of drug-likeness (QED) is 0.682. The van der Waals surface area contributed by atoms with Gasteiger partial charge in [-0.3, -0.25) is 4.57 Å². The molecule has 0 radical (unpaired) electrons. The molecule has 6 nitrogen and oxygen atoms in total. The van der Waals surface area contributed by atoms with Crippen LogP contribution in [0.1, 0.15) is 18.4 Å². The minimum atomic E-state index is -0.110. The summed E-state index contributed by atoms with van der Waals surface area (Å²) in [6.45, 7) is 2.83. The zero-order valence-corrected chi connectivity index (χ0v) is 16.8. The first kappa shape index (κ1) is 18.2. The van der Waals surface area contributed by atoms with Gasteiger partial charge in [0.05, 0.1) is 11.2 Å². The lowest BCUT2D eigenvalue weighted by molar-refractivity contribution is 0.140. The van der Waals surface area contributed by atoms with E-state index in [9.17, 15) is 4.79 Å². The molecule has 0 saturated carbocycles. The van der Waals surface area contributed by atoms with Crippen LogP contribution in [0.2, 0.25) is 0 Å². The van der Waals surface area contributed by atoms with E-state index >= 15 is 0 Å². The highest BCUT2D eigenvalue weighted by Crippen LogP contribution is 2.39. The number of rotatable bonds is 5. The molecule has 2 aromatic carbocycles. The van der Waals surface area contributed by atoms with Crippen molar-refractivity contribution < 1.29 is 4.79 Å². The number of anilines is 1. The van der Waals surface area contributed by atoms with E-state index in [2.05, 4.69) is 45.3 Å². The van der Waals surface area contributed by atoms with Gasteiger partial charge in [0.15, 0.2) is 0 Å². The topological polar surface area (TPSA) is 53.4 Å². The lowest BCUT2D eigenvalue weighted by atomic mass is 9.87. The Morgan fingerprint density at radius 3 is 2.69 bits per heavy atom. The summed E-state index contributed by atoms with van der Waals surface area (Å²) >= 11 is 0. The molecule has 0 spiro atoms. The predicted molar refractivity (Wildman–Crippen MR) is 115 cm³/mol. The van der Waals surface area contributed by atoms with E-state index in [4.69, 9.17) is 0 Å². The minimum absolute atomic E-state index is 0.110. The van der Waals surface area contributed by atoms with Crippen LogP contribution in [0.5, 0.6) is 0 Å². The molecule has 3 aliphatic heterocycles. The molecular weight excluding hydrogens is 362 g/mol. The van der Waals surface area contributed by atoms with Gasteiger partial charge in [-0.25, -0.2) is 9.78 Å². The summed E-state index contributed by atoms with van der Waals surface area (Å²) in [4.78, 5) is 22.2. The lowest BCUT2D eigenvalue weighted by Gasteiger charge is -2.57. The molecule has 6 heteroatoms. The van der Waals surface area contributed by atoms with Crippen molar-refractivity contribution in [3.05, 3.63) is 60.4 Å². The number of likely N-dealkylation sites (N-methyl/N-ethyl adjacent to an activating group) is 1. The van der Waals surface area contributed by atoms with Gasteiger partial charge in [0.25, 0.3) is 0 Å². The maximum atomic E-state index is 12.7. The molecule has 3 fully saturated rings. The second kappa shape index (κ2) is 7.52. The Hall–Kier alpha value is -2.86. The first-order valence-corrected chi connectivity index (χ1v) is 10.5. The third kappa shape index (κ3) is 3.38. The van der Waals surface area contributed by atoms with Gasteiger partial charge in [-0.2, -0.15) is 0 Å². The Kier molecular flexibility index (Phi) is 4.72. The number of aromatic nitrogens is 2. The fourth-order valence-electron chi connectivity index (χ4n) is 4.83. The molecule has 3 aliphatic rings. The summed E-state index contributed by atoms with van der Waals surface area (Å²) in [6.07, 6.45) is 4.78. The van der Waals surface area contributed by atoms with Crippen LogP contribution < -0.4 is 10.2 Å². The fourth-order valence-corrected chi connectivity index (χ4v) is 4.83. The number of piperidine rings is 1. The summed E-state index contributed by atoms with van der Waals surface area (Å²) in [5.74, 6) is 0. The van der Waals surface area contributed by atoms with Gasteiger partial charge in [-0.05, 0) is 44.0 Å². The van der Waals surface area contributed by atoms with Crippen molar-refractivity contribution >= 4 is 22.8 Å². The molecule has 1 aromatic heterocycles. The monoisotopic (exact) mass is 389 g/mol. The lowest BCUT2D eigenvalue weighted by Crippen LogP contribution is -2.68. The van der Waals surface area contributed by atoms with Crippen LogP contribution in [0.25, 0.3) is 11.0 Å². The Labute approximate surface area is 171 Å². The molecule has 150 valence electrons. The van der Waals surface area contributed by atoms with Gasteiger partial charge in [0.2, 0.25) is 0 Å². The maximum absolute atomic E-state index is 12.7. The molecule has 1 N–H and O–H groups in total. The first-order chi connectivity index (χ1) is 14.2. The van der Waals surface area contributed by atoms with Crippen molar-refractivity contribution in [1.82, 2.24) is 19.8 Å². The number of fused-ring (bicyclic) bond motifs is 3. The third-order valence-corrected chi connectivity index (χ3v) is 6.19. The summed E-state index contributed by atoms with van der Waals surface area (Å²) in [7, 11) is 2.19. The van der Waals surface area contributed by atoms with Crippen LogP contribution >= 0.6 is 0 Å². The van der Waals surface area contributed by atoms with Crippen LogP contribution in [0, 0.1) is 0 Å². The van der Waals surface area contributed by atoms with Crippen molar-refractivity contribution in [1.29, 1.82) is 0 Å². The number of aryl methyl sites for hydroxylation is 1. The van der Waals surface area contributed by atoms with Crippen LogP contribution in [0.15, 0.2) is 54.9 Å². The van der Waals surface area contributed by atoms with Crippen molar-refractivity contribution in [2.24, 2.45) is 0 Å². The van der Waals surface area contributed by atoms with E-state index in [0.29, 0.717) is 18.6 Å². The molecule has 6 rings (SSSR count). The van der Waals surface area contributed by atoms with Gasteiger partial charge >= 0.3 is 6.03 Å². The molecule has 29 heavy (non-hydrogen) atoms. The van der Waals surface area contributed by atoms with Gasteiger partial charge in [0.1, 0.15) is 11.8 Å². The number of nitrogens with one attached hydrogen (secondary N) is 1. The SMILES string of the molecule is CN1CC2CC(C1)N2c1cccc2c1ncn2C(=O)NCCCc1ccccc1. The van der Waals surface area contributed by atoms with E-state index < -0.39 is 0 Å². The van der Waals surface area contributed by atoms with Crippen LogP contribution in [-0.4, -0.2) is 59.2 Å². The molecule has 2 unspecified atom stereocenters. The predicted octanol–water partition coefficient (Wildman–Crippen LogP) is 3.12. The van der Waals surface area contributed by atoms with E-state index in [-0.39, 0.29) is 6.03 Å². The van der Waals surface area contributed by atoms with E-state index in [0.717, 1.165) is 42.7 Å². The largest absolute Gasteiger partial charge is 0.361 e. The average Bonchev–Trinajstić information content (AvgIpc) is 3.17. The minimum Gasteiger partial charge on any atom is -0.361 e. The highest BCUT2D eigenvalue weighted by Gasteiger charge is 2.44. The highest BCUT2D eigenvalue weighted by molar-refractivity contribution is 5.95. The average molecular weight is 390 g/mol. The van der Waals surface area contributed by atoms with E-state index in [1.807, 2.05) is 30.3 Å². The second-order valence-electron chi connectivity index (χ2n) is 8.25. The summed E-state index contributed by atoms with van der Waals surface area (Å²) < 4.78 is 1.64. The zero-order valence-electron chi connectivity index (χ0n) is 16.8. The molecule has 3 aromatic rings. The maximum Gasteiger partial charge on any atom is 0.327 e. The smallest absolute Gasteiger partial charge is 0.327 e. The Morgan fingerprint density at radius 2 is 1.90 bits per heavy atom. The van der Waals surface area contributed by atoms with Crippen molar-refractivity contribution in [3.63, 3.8) is 0 Å². The molecular formula is C23H27N5O. The Morgan fingerprint density at radius 1 is 1.10 bits per heavy atom. The molecule has 3 saturated heterocycles. The standard InChI is InChI=1S/C23H27N5O/c1-26-14-18-13-19(15-26)28(18)21-11-5-10-20-22(21)25-16-27(20)23(29)24-12-6-9-17-7-3-2-4-8-17/h2-5,7-8,10-11,16,18-19H,6,9,12-15H2,1H3,(H,24,29). The number of nitrogens with zero attached hydrogens (tertiary/aromatic N) is 4. The van der Waals surface area contributed by atoms with Crippen molar-refractivity contribution in [2.45, 2.75) is 31.3 Å². The highest BCUT2D eigenvalue weighted by atomic mass is 16.2. The van der Waals surface area contributed by atoms with Crippen LogP contribution in [-0.2, 0) is 6.42 Å². The number of amides is 1. The summed E-state index contributed by atoms with van der Waals surface area (Å²) in [6, 6.07) is 17.5. The molecule has 1 amide bonds. The van der Waals surface area contributed by atoms with E-state index in [1.54, 1.807) is 10.9 Å². The molecule has 0 aliphatic carbocycles. The number of piperazine rings is 1. The number of imidazole rings is 1. The summed E-state index contributed by atoms with van der Waals surface area (Å²) in [5, 5.41) is 3.03. The number of carbonyl (C=O) groups excluding carboxylic acids is 1. The van der Waals surface area contributed by atoms with E-state index in [1.165, 1.54) is 12.0 Å². The van der Waals surface area contributed by atoms with Crippen LogP contribution in [0.4, 0.5) is 10.5 Å². The zero-order chi connectivity index (χ0) is 19.8. The first-order valence-electron chi connectivity index (χ1n) is 10.5. The molecule has 2 bridgehead atoms. The number of hydrogen-bond donors (Lipinski definition) is 1. The van der Waals surface area contributed by atoms with Crippen LogP contribution in [0.3, 0.4) is 0 Å². The fraction of sp³-hybridized carbons (Fsp3) is 0.391. The summed E-state index contributed by atoms with van der Waals surface area (Å²) in [5.41, 5.74) is 4.25. The van der Waals surface area contributed by atoms with Gasteiger partial charge in [-0.15, -0.1) is 0 Å².